The Labute approximate surface area is 411 Å². The highest BCUT2D eigenvalue weighted by atomic mass is 16.6. The van der Waals surface area contributed by atoms with Crippen LogP contribution >= 0.6 is 0 Å². The van der Waals surface area contributed by atoms with Gasteiger partial charge in [0.05, 0.1) is 225 Å². The van der Waals surface area contributed by atoms with Gasteiger partial charge in [0.2, 0.25) is 5.91 Å². The van der Waals surface area contributed by atoms with Crippen molar-refractivity contribution in [3.8, 4) is 0 Å². The molecule has 0 bridgehead atoms. The Hall–Kier alpha value is -3.35. The van der Waals surface area contributed by atoms with E-state index in [-0.39, 0.29) is 31.9 Å². The van der Waals surface area contributed by atoms with Gasteiger partial charge in [-0.25, -0.2) is 4.79 Å². The number of rotatable bonds is 56. The number of carbonyl (C=O) groups excluding carboxylic acids is 5. The highest BCUT2D eigenvalue weighted by Gasteiger charge is 2.23. The smallest absolute Gasteiger partial charge is 0.344 e. The van der Waals surface area contributed by atoms with Crippen LogP contribution in [0.25, 0.3) is 0 Å². The van der Waals surface area contributed by atoms with Gasteiger partial charge in [-0.15, -0.1) is 0 Å². The van der Waals surface area contributed by atoms with Crippen LogP contribution < -0.4 is 5.32 Å². The largest absolute Gasteiger partial charge is 0.466 e. The first-order chi connectivity index (χ1) is 34.4. The zero-order valence-corrected chi connectivity index (χ0v) is 41.2. The molecule has 0 aliphatic carbocycles. The summed E-state index contributed by atoms with van der Waals surface area (Å²) in [6.07, 6.45) is 2.46. The number of imide groups is 1. The van der Waals surface area contributed by atoms with Crippen molar-refractivity contribution in [2.45, 2.75) is 12.8 Å². The van der Waals surface area contributed by atoms with Crippen molar-refractivity contribution in [2.75, 3.05) is 238 Å². The molecule has 1 rings (SSSR count). The van der Waals surface area contributed by atoms with Crippen LogP contribution in [0.1, 0.15) is 12.8 Å². The van der Waals surface area contributed by atoms with E-state index in [1.54, 1.807) is 0 Å². The van der Waals surface area contributed by atoms with Crippen LogP contribution in [0.2, 0.25) is 0 Å². The Balaban J connectivity index is 1.62. The average molecular weight is 1020 g/mol. The number of carbonyl (C=O) groups is 5. The lowest BCUT2D eigenvalue weighted by atomic mass is 10.3. The summed E-state index contributed by atoms with van der Waals surface area (Å²) in [5.41, 5.74) is 0. The van der Waals surface area contributed by atoms with Crippen molar-refractivity contribution in [1.82, 2.24) is 10.2 Å². The Bertz CT molecular complexity index is 1270. The van der Waals surface area contributed by atoms with E-state index in [9.17, 15) is 24.0 Å². The predicted octanol–water partition coefficient (Wildman–Crippen LogP) is -1.21. The van der Waals surface area contributed by atoms with Crippen molar-refractivity contribution in [1.29, 1.82) is 0 Å². The minimum atomic E-state index is -0.615. The molecule has 0 atom stereocenters. The summed E-state index contributed by atoms with van der Waals surface area (Å²) in [4.78, 5) is 58.1. The number of hydrogen-bond acceptors (Lipinski definition) is 23. The average Bonchev–Trinajstić information content (AvgIpc) is 3.69. The second kappa shape index (κ2) is 52.0. The van der Waals surface area contributed by atoms with E-state index in [1.165, 1.54) is 19.3 Å². The summed E-state index contributed by atoms with van der Waals surface area (Å²) in [7, 11) is 1.22. The van der Waals surface area contributed by atoms with Gasteiger partial charge in [-0.1, -0.05) is 0 Å². The lowest BCUT2D eigenvalue weighted by molar-refractivity contribution is -0.157. The Morgan fingerprint density at radius 2 is 0.629 bits per heavy atom. The molecule has 0 aromatic heterocycles. The van der Waals surface area contributed by atoms with Crippen LogP contribution in [0.4, 0.5) is 0 Å². The molecule has 70 heavy (non-hydrogen) atoms. The van der Waals surface area contributed by atoms with Crippen molar-refractivity contribution in [2.24, 2.45) is 0 Å². The molecule has 0 radical (unpaired) electrons. The number of methoxy groups -OCH3 is 1. The van der Waals surface area contributed by atoms with Crippen LogP contribution in [0.3, 0.4) is 0 Å². The molecule has 1 N–H and O–H groups in total. The zero-order valence-electron chi connectivity index (χ0n) is 41.2. The number of nitrogens with one attached hydrogen (secondary N) is 1. The molecule has 408 valence electrons. The molecule has 1 aliphatic heterocycles. The molecule has 25 heteroatoms. The maximum Gasteiger partial charge on any atom is 0.344 e. The quantitative estimate of drug-likeness (QED) is 0.0426. The molecule has 0 fully saturated rings. The van der Waals surface area contributed by atoms with Gasteiger partial charge in [0.25, 0.3) is 11.8 Å². The maximum absolute atomic E-state index is 11.8. The molecule has 0 unspecified atom stereocenters. The molecular weight excluding hydrogens is 936 g/mol. The predicted molar refractivity (Wildman–Crippen MR) is 244 cm³/mol. The molecule has 0 aromatic rings. The van der Waals surface area contributed by atoms with Gasteiger partial charge in [0.15, 0.2) is 6.61 Å². The summed E-state index contributed by atoms with van der Waals surface area (Å²) in [6.45, 7) is 13.7. The maximum atomic E-state index is 11.8. The first-order valence-corrected chi connectivity index (χ1v) is 23.7. The molecule has 25 nitrogen and oxygen atoms in total. The van der Waals surface area contributed by atoms with Crippen LogP contribution in [-0.4, -0.2) is 273 Å². The van der Waals surface area contributed by atoms with Gasteiger partial charge in [-0.05, 0) is 0 Å². The second-order valence-electron chi connectivity index (χ2n) is 14.0. The lowest BCUT2D eigenvalue weighted by Crippen LogP contribution is -2.35. The van der Waals surface area contributed by atoms with E-state index in [2.05, 4.69) is 10.1 Å². The Morgan fingerprint density at radius 3 is 0.900 bits per heavy atom. The summed E-state index contributed by atoms with van der Waals surface area (Å²) in [5.74, 6) is -2.22. The summed E-state index contributed by atoms with van der Waals surface area (Å²) >= 11 is 0. The van der Waals surface area contributed by atoms with Crippen LogP contribution in [0.15, 0.2) is 12.2 Å². The van der Waals surface area contributed by atoms with E-state index in [0.717, 1.165) is 4.90 Å². The number of esters is 2. The van der Waals surface area contributed by atoms with Gasteiger partial charge in [0.1, 0.15) is 0 Å². The van der Waals surface area contributed by atoms with Crippen LogP contribution in [0, 0.1) is 0 Å². The van der Waals surface area contributed by atoms with Gasteiger partial charge >= 0.3 is 11.9 Å². The minimum absolute atomic E-state index is 0.0413. The van der Waals surface area contributed by atoms with E-state index < -0.39 is 30.4 Å². The van der Waals surface area contributed by atoms with Gasteiger partial charge < -0.3 is 90.6 Å². The Morgan fingerprint density at radius 1 is 0.371 bits per heavy atom. The normalized spacial score (nSPS) is 12.4. The van der Waals surface area contributed by atoms with Crippen molar-refractivity contribution < 1.29 is 109 Å². The topological polar surface area (TPSA) is 267 Å². The first kappa shape index (κ1) is 64.7. The first-order valence-electron chi connectivity index (χ1n) is 23.7. The Kier molecular flexibility index (Phi) is 48.0. The summed E-state index contributed by atoms with van der Waals surface area (Å²) < 4.78 is 96.4. The fourth-order valence-electron chi connectivity index (χ4n) is 5.04. The minimum Gasteiger partial charge on any atom is -0.466 e. The lowest BCUT2D eigenvalue weighted by Gasteiger charge is -2.13. The fourth-order valence-corrected chi connectivity index (χ4v) is 5.04. The molecule has 0 saturated carbocycles. The second-order valence-corrected chi connectivity index (χ2v) is 14.0. The third kappa shape index (κ3) is 45.8. The fraction of sp³-hybridized carbons (Fsp3) is 0.844. The van der Waals surface area contributed by atoms with Gasteiger partial charge in [-0.3, -0.25) is 24.1 Å². The molecular formula is C45H80N2O23. The van der Waals surface area contributed by atoms with E-state index >= 15 is 0 Å². The summed E-state index contributed by atoms with van der Waals surface area (Å²) in [5, 5.41) is 2.68. The van der Waals surface area contributed by atoms with Crippen molar-refractivity contribution >= 4 is 29.7 Å². The molecule has 0 saturated heterocycles. The molecule has 0 spiro atoms. The number of ether oxygens (including phenoxy) is 18. The molecule has 1 heterocycles. The van der Waals surface area contributed by atoms with Crippen LogP contribution in [0.5, 0.6) is 0 Å². The standard InChI is InChI=1S/C45H80N2O23/c1-53-45(52)40-70-44(51)5-8-54-10-12-56-14-16-58-18-20-60-22-24-62-26-28-64-30-32-66-34-36-68-38-39-69-37-35-67-33-31-65-29-27-63-25-23-61-21-19-59-17-15-57-13-11-55-9-6-46-41(48)4-7-47-42(49)2-3-43(47)50/h2-3H,4-40H2,1H3,(H,46,48). The van der Waals surface area contributed by atoms with E-state index in [1.807, 2.05) is 0 Å². The molecule has 3 amide bonds. The van der Waals surface area contributed by atoms with Gasteiger partial charge in [0, 0.05) is 31.7 Å². The molecule has 0 aromatic carbocycles. The number of hydrogen-bond donors (Lipinski definition) is 1. The van der Waals surface area contributed by atoms with Crippen molar-refractivity contribution in [3.63, 3.8) is 0 Å². The monoisotopic (exact) mass is 1020 g/mol. The molecule has 1 aliphatic rings. The highest BCUT2D eigenvalue weighted by molar-refractivity contribution is 6.13. The van der Waals surface area contributed by atoms with Crippen LogP contribution in [-0.2, 0) is 109 Å². The highest BCUT2D eigenvalue weighted by Crippen LogP contribution is 2.04. The van der Waals surface area contributed by atoms with E-state index in [0.29, 0.717) is 211 Å². The zero-order chi connectivity index (χ0) is 50.5. The van der Waals surface area contributed by atoms with E-state index in [4.69, 9.17) is 80.5 Å². The van der Waals surface area contributed by atoms with Gasteiger partial charge in [-0.2, -0.15) is 0 Å². The number of nitrogens with zero attached hydrogens (tertiary/aromatic N) is 1. The number of amides is 3. The third-order valence-corrected chi connectivity index (χ3v) is 8.64. The SMILES string of the molecule is COC(=O)COC(=O)CCOCCOCCOCCOCCOCCOCCOCCOCCOCCOCCOCCOCCOCCOCCOCCOCCNC(=O)CCN1C(=O)C=CC1=O. The third-order valence-electron chi connectivity index (χ3n) is 8.64. The summed E-state index contributed by atoms with van der Waals surface area (Å²) in [6, 6.07) is 0. The van der Waals surface area contributed by atoms with Crippen molar-refractivity contribution in [3.05, 3.63) is 12.2 Å².